The van der Waals surface area contributed by atoms with Crippen molar-refractivity contribution in [2.45, 2.75) is 25.1 Å². The fourth-order valence-electron chi connectivity index (χ4n) is 5.14. The van der Waals surface area contributed by atoms with E-state index in [2.05, 4.69) is 5.32 Å². The lowest BCUT2D eigenvalue weighted by Gasteiger charge is -2.41. The minimum absolute atomic E-state index is 0.0828. The van der Waals surface area contributed by atoms with Gasteiger partial charge in [0.15, 0.2) is 5.78 Å². The van der Waals surface area contributed by atoms with E-state index in [1.807, 2.05) is 95.9 Å². The Morgan fingerprint density at radius 2 is 1.79 bits per heavy atom. The van der Waals surface area contributed by atoms with Gasteiger partial charge in [-0.1, -0.05) is 60.7 Å². The maximum atomic E-state index is 14.0. The van der Waals surface area contributed by atoms with Gasteiger partial charge in [0.2, 0.25) is 0 Å². The van der Waals surface area contributed by atoms with Gasteiger partial charge in [-0.05, 0) is 53.5 Å². The summed E-state index contributed by atoms with van der Waals surface area (Å²) in [6, 6.07) is 24.3. The lowest BCUT2D eigenvalue weighted by atomic mass is 9.75. The van der Waals surface area contributed by atoms with E-state index in [9.17, 15) is 14.7 Å². The van der Waals surface area contributed by atoms with E-state index in [0.29, 0.717) is 23.7 Å². The van der Waals surface area contributed by atoms with Crippen LogP contribution in [0.3, 0.4) is 0 Å². The molecule has 0 bridgehead atoms. The number of Topliss-reactive ketones (excluding diaryl/α,β-unsaturated/α-hetero) is 1. The van der Waals surface area contributed by atoms with Gasteiger partial charge in [-0.15, -0.1) is 0 Å². The maximum Gasteiger partial charge on any atom is 0.322 e. The molecule has 0 amide bonds. The number of carboxylic acid groups (broad SMARTS) is 1. The van der Waals surface area contributed by atoms with Crippen LogP contribution in [-0.2, 0) is 21.7 Å². The first-order valence-corrected chi connectivity index (χ1v) is 12.5. The fraction of sp³-hybridized carbons (Fsp3) is 0.226. The molecule has 1 fully saturated rings. The summed E-state index contributed by atoms with van der Waals surface area (Å²) in [6.07, 6.45) is 3.82. The minimum Gasteiger partial charge on any atom is -0.497 e. The van der Waals surface area contributed by atoms with Crippen molar-refractivity contribution < 1.29 is 24.2 Å². The quantitative estimate of drug-likeness (QED) is 0.465. The monoisotopic (exact) mass is 510 g/mol. The van der Waals surface area contributed by atoms with Crippen molar-refractivity contribution in [3.8, 4) is 11.5 Å². The first-order valence-electron chi connectivity index (χ1n) is 12.5. The van der Waals surface area contributed by atoms with Crippen molar-refractivity contribution in [2.75, 3.05) is 20.3 Å². The van der Waals surface area contributed by atoms with Crippen LogP contribution in [0.4, 0.5) is 0 Å². The van der Waals surface area contributed by atoms with Crippen molar-refractivity contribution in [1.29, 1.82) is 0 Å². The number of carbonyl (C=O) groups is 2. The van der Waals surface area contributed by atoms with Gasteiger partial charge in [0, 0.05) is 18.2 Å². The third-order valence-corrected chi connectivity index (χ3v) is 7.12. The van der Waals surface area contributed by atoms with Gasteiger partial charge in [0.1, 0.15) is 29.7 Å². The number of carboxylic acids is 1. The van der Waals surface area contributed by atoms with Crippen LogP contribution in [0.1, 0.15) is 23.6 Å². The van der Waals surface area contributed by atoms with Crippen molar-refractivity contribution >= 4 is 17.3 Å². The van der Waals surface area contributed by atoms with Crippen LogP contribution in [0.2, 0.25) is 0 Å². The van der Waals surface area contributed by atoms with Gasteiger partial charge < -0.3 is 14.6 Å². The highest BCUT2D eigenvalue weighted by molar-refractivity contribution is 6.10. The van der Waals surface area contributed by atoms with Gasteiger partial charge in [0.25, 0.3) is 0 Å². The molecule has 5 rings (SSSR count). The molecule has 0 aromatic heterocycles. The molecule has 0 spiro atoms. The molecule has 7 heteroatoms. The number of aliphatic carboxylic acids is 1. The molecule has 2 N–H and O–H groups in total. The number of ether oxygens (including phenoxy) is 2. The van der Waals surface area contributed by atoms with Gasteiger partial charge in [-0.25, -0.2) is 0 Å². The zero-order valence-corrected chi connectivity index (χ0v) is 21.4. The van der Waals surface area contributed by atoms with Crippen molar-refractivity contribution in [3.63, 3.8) is 0 Å². The number of methoxy groups -OCH3 is 1. The molecule has 1 aliphatic heterocycles. The molecular weight excluding hydrogens is 480 g/mol. The van der Waals surface area contributed by atoms with Crippen LogP contribution in [0.5, 0.6) is 11.5 Å². The number of benzene rings is 3. The Kier molecular flexibility index (Phi) is 7.13. The van der Waals surface area contributed by atoms with Crippen LogP contribution in [-0.4, -0.2) is 48.1 Å². The second-order valence-electron chi connectivity index (χ2n) is 9.50. The Labute approximate surface area is 222 Å². The van der Waals surface area contributed by atoms with Crippen LogP contribution in [0.25, 0.3) is 5.57 Å². The summed E-state index contributed by atoms with van der Waals surface area (Å²) in [7, 11) is 1.61. The molecule has 7 nitrogen and oxygen atoms in total. The summed E-state index contributed by atoms with van der Waals surface area (Å²) < 4.78 is 11.8. The zero-order chi connectivity index (χ0) is 26.7. The zero-order valence-electron chi connectivity index (χ0n) is 21.4. The summed E-state index contributed by atoms with van der Waals surface area (Å²) in [6.45, 7) is 2.62. The van der Waals surface area contributed by atoms with Gasteiger partial charge in [-0.2, -0.15) is 0 Å². The van der Waals surface area contributed by atoms with E-state index in [0.717, 1.165) is 22.3 Å². The van der Waals surface area contributed by atoms with E-state index < -0.39 is 17.6 Å². The summed E-state index contributed by atoms with van der Waals surface area (Å²) in [5.74, 6) is 0.262. The summed E-state index contributed by atoms with van der Waals surface area (Å²) in [4.78, 5) is 27.7. The third-order valence-electron chi connectivity index (χ3n) is 7.12. The summed E-state index contributed by atoms with van der Waals surface area (Å²) in [5.41, 5.74) is 2.84. The fourth-order valence-corrected chi connectivity index (χ4v) is 5.14. The number of nitrogens with zero attached hydrogens (tertiary/aromatic N) is 1. The number of allylic oxidation sites excluding steroid dienone is 2. The SMILES string of the molecule is COc1ccc(C2=CC(c3ccccc3)(N3CNC(C(=O)O)C3)C(=O)C(C)=C2)c(OCc2ccccc2)c1. The Morgan fingerprint density at radius 3 is 2.45 bits per heavy atom. The number of hydrogen-bond acceptors (Lipinski definition) is 6. The number of ketones is 1. The topological polar surface area (TPSA) is 88.1 Å². The maximum absolute atomic E-state index is 14.0. The molecule has 2 aliphatic rings. The molecule has 1 aliphatic carbocycles. The highest BCUT2D eigenvalue weighted by atomic mass is 16.5. The minimum atomic E-state index is -1.18. The lowest BCUT2D eigenvalue weighted by Crippen LogP contribution is -2.52. The predicted octanol–water partition coefficient (Wildman–Crippen LogP) is 4.40. The Bertz CT molecular complexity index is 1400. The molecular formula is C31H30N2O5. The molecule has 2 unspecified atom stereocenters. The average molecular weight is 511 g/mol. The van der Waals surface area contributed by atoms with Gasteiger partial charge in [-0.3, -0.25) is 19.8 Å². The summed E-state index contributed by atoms with van der Waals surface area (Å²) in [5, 5.41) is 12.7. The highest BCUT2D eigenvalue weighted by Gasteiger charge is 2.49. The second-order valence-corrected chi connectivity index (χ2v) is 9.50. The highest BCUT2D eigenvalue weighted by Crippen LogP contribution is 2.43. The number of rotatable bonds is 8. The Morgan fingerprint density at radius 1 is 1.08 bits per heavy atom. The Hall–Kier alpha value is -4.20. The van der Waals surface area contributed by atoms with E-state index in [4.69, 9.17) is 9.47 Å². The van der Waals surface area contributed by atoms with E-state index in [1.165, 1.54) is 0 Å². The molecule has 0 saturated carbocycles. The van der Waals surface area contributed by atoms with Gasteiger partial charge >= 0.3 is 5.97 Å². The van der Waals surface area contributed by atoms with Crippen molar-refractivity contribution in [3.05, 3.63) is 113 Å². The lowest BCUT2D eigenvalue weighted by molar-refractivity contribution is -0.139. The standard InChI is InChI=1S/C31H30N2O5/c1-21-15-23(26-14-13-25(37-2)16-28(26)38-19-22-9-5-3-6-10-22)17-31(29(21)34,24-11-7-4-8-12-24)33-18-27(30(35)36)32-20-33/h3-17,27,32H,18-20H2,1-2H3,(H,35,36). The largest absolute Gasteiger partial charge is 0.497 e. The molecule has 1 heterocycles. The summed E-state index contributed by atoms with van der Waals surface area (Å²) >= 11 is 0. The molecule has 2 atom stereocenters. The first kappa shape index (κ1) is 25.4. The third kappa shape index (κ3) is 4.74. The van der Waals surface area contributed by atoms with E-state index >= 15 is 0 Å². The molecule has 3 aromatic carbocycles. The van der Waals surface area contributed by atoms with Crippen LogP contribution >= 0.6 is 0 Å². The van der Waals surface area contributed by atoms with Crippen molar-refractivity contribution in [2.24, 2.45) is 0 Å². The average Bonchev–Trinajstić information content (AvgIpc) is 3.46. The van der Waals surface area contributed by atoms with E-state index in [1.54, 1.807) is 14.0 Å². The number of nitrogens with one attached hydrogen (secondary N) is 1. The van der Waals surface area contributed by atoms with Crippen LogP contribution in [0.15, 0.2) is 96.6 Å². The molecule has 0 radical (unpaired) electrons. The van der Waals surface area contributed by atoms with Crippen LogP contribution in [0, 0.1) is 0 Å². The van der Waals surface area contributed by atoms with Crippen molar-refractivity contribution in [1.82, 2.24) is 10.2 Å². The smallest absolute Gasteiger partial charge is 0.322 e. The van der Waals surface area contributed by atoms with E-state index in [-0.39, 0.29) is 19.0 Å². The Balaban J connectivity index is 1.63. The molecule has 194 valence electrons. The number of carbonyl (C=O) groups excluding carboxylic acids is 1. The first-order chi connectivity index (χ1) is 18.4. The molecule has 38 heavy (non-hydrogen) atoms. The number of hydrogen-bond donors (Lipinski definition) is 2. The second kappa shape index (κ2) is 10.7. The molecule has 1 saturated heterocycles. The van der Waals surface area contributed by atoms with Crippen LogP contribution < -0.4 is 14.8 Å². The predicted molar refractivity (Wildman–Crippen MR) is 145 cm³/mol. The molecule has 3 aromatic rings. The van der Waals surface area contributed by atoms with Gasteiger partial charge in [0.05, 0.1) is 13.8 Å². The normalized spacial score (nSPS) is 21.5.